The van der Waals surface area contributed by atoms with Gasteiger partial charge >= 0.3 is 11.7 Å². The van der Waals surface area contributed by atoms with Gasteiger partial charge < -0.3 is 4.74 Å². The van der Waals surface area contributed by atoms with Crippen molar-refractivity contribution in [1.29, 1.82) is 0 Å². The molecule has 0 aliphatic rings. The fraction of sp³-hybridized carbons (Fsp3) is 0.222. The van der Waals surface area contributed by atoms with E-state index in [9.17, 15) is 14.4 Å². The van der Waals surface area contributed by atoms with Gasteiger partial charge in [0.1, 0.15) is 0 Å². The number of nitrogens with zero attached hydrogens (tertiary/aromatic N) is 1. The summed E-state index contributed by atoms with van der Waals surface area (Å²) in [5.74, 6) is -0.578. The van der Waals surface area contributed by atoms with E-state index in [4.69, 9.17) is 0 Å². The first kappa shape index (κ1) is 11.0. The number of H-pyrrole nitrogens is 1. The summed E-state index contributed by atoms with van der Waals surface area (Å²) in [4.78, 5) is 35.0. The molecule has 0 fully saturated rings. The average molecular weight is 210 g/mol. The molecule has 0 saturated heterocycles. The van der Waals surface area contributed by atoms with Gasteiger partial charge in [-0.15, -0.1) is 0 Å². The Morgan fingerprint density at radius 1 is 1.53 bits per heavy atom. The molecule has 1 N–H and O–H groups in total. The Kier molecular flexibility index (Phi) is 3.22. The topological polar surface area (TPSA) is 81.2 Å². The number of methoxy groups -OCH3 is 1. The van der Waals surface area contributed by atoms with Gasteiger partial charge in [0, 0.05) is 24.0 Å². The van der Waals surface area contributed by atoms with Gasteiger partial charge in [-0.05, 0) is 6.92 Å². The van der Waals surface area contributed by atoms with Crippen molar-refractivity contribution >= 4 is 12.2 Å². The third-order valence-electron chi connectivity index (χ3n) is 1.72. The quantitative estimate of drug-likeness (QED) is 0.526. The van der Waals surface area contributed by atoms with Crippen LogP contribution in [0.4, 0.5) is 0 Å². The number of rotatable bonds is 2. The Balaban J connectivity index is 3.12. The van der Waals surface area contributed by atoms with Crippen LogP contribution >= 0.6 is 0 Å². The van der Waals surface area contributed by atoms with E-state index in [1.807, 2.05) is 0 Å². The van der Waals surface area contributed by atoms with Gasteiger partial charge in [-0.25, -0.2) is 9.59 Å². The number of ether oxygens (including phenoxy) is 1. The molecule has 0 amide bonds. The monoisotopic (exact) mass is 210 g/mol. The van der Waals surface area contributed by atoms with Gasteiger partial charge in [-0.3, -0.25) is 14.3 Å². The van der Waals surface area contributed by atoms with Gasteiger partial charge in [0.25, 0.3) is 5.56 Å². The first-order valence-corrected chi connectivity index (χ1v) is 4.13. The number of esters is 1. The minimum atomic E-state index is -0.606. The molecule has 1 rings (SSSR count). The van der Waals surface area contributed by atoms with Crippen LogP contribution in [0.2, 0.25) is 0 Å². The summed E-state index contributed by atoms with van der Waals surface area (Å²) in [6, 6.07) is 0. The molecule has 0 unspecified atom stereocenters. The van der Waals surface area contributed by atoms with E-state index in [-0.39, 0.29) is 0 Å². The largest absolute Gasteiger partial charge is 0.466 e. The molecule has 0 aromatic carbocycles. The minimum absolute atomic E-state index is 0.379. The lowest BCUT2D eigenvalue weighted by atomic mass is 10.4. The molecule has 0 aliphatic carbocycles. The molecule has 0 aliphatic heterocycles. The molecule has 0 atom stereocenters. The van der Waals surface area contributed by atoms with Crippen LogP contribution in [-0.4, -0.2) is 22.6 Å². The van der Waals surface area contributed by atoms with E-state index in [1.54, 1.807) is 6.92 Å². The number of aromatic amines is 1. The molecule has 1 aromatic heterocycles. The molecule has 6 heteroatoms. The number of hydrogen-bond donors (Lipinski definition) is 1. The third kappa shape index (κ3) is 2.67. The fourth-order valence-corrected chi connectivity index (χ4v) is 0.906. The highest BCUT2D eigenvalue weighted by Gasteiger charge is 1.98. The number of aromatic nitrogens is 2. The number of carbonyl (C=O) groups excluding carboxylic acids is 1. The maximum Gasteiger partial charge on any atom is 0.332 e. The van der Waals surface area contributed by atoms with Crippen LogP contribution in [0, 0.1) is 6.92 Å². The minimum Gasteiger partial charge on any atom is -0.466 e. The van der Waals surface area contributed by atoms with Gasteiger partial charge in [0.15, 0.2) is 0 Å². The zero-order chi connectivity index (χ0) is 11.4. The van der Waals surface area contributed by atoms with Gasteiger partial charge in [0.05, 0.1) is 7.11 Å². The molecular formula is C9H10N2O4. The summed E-state index contributed by atoms with van der Waals surface area (Å²) in [7, 11) is 1.23. The first-order valence-electron chi connectivity index (χ1n) is 4.13. The third-order valence-corrected chi connectivity index (χ3v) is 1.72. The highest BCUT2D eigenvalue weighted by molar-refractivity contribution is 5.84. The second kappa shape index (κ2) is 4.41. The van der Waals surface area contributed by atoms with Crippen molar-refractivity contribution in [3.63, 3.8) is 0 Å². The lowest BCUT2D eigenvalue weighted by molar-refractivity contribution is -0.134. The fourth-order valence-electron chi connectivity index (χ4n) is 0.906. The van der Waals surface area contributed by atoms with Crippen molar-refractivity contribution in [1.82, 2.24) is 9.55 Å². The molecule has 1 aromatic rings. The molecule has 0 radical (unpaired) electrons. The van der Waals surface area contributed by atoms with Crippen molar-refractivity contribution in [2.75, 3.05) is 7.11 Å². The van der Waals surface area contributed by atoms with Crippen LogP contribution in [-0.2, 0) is 9.53 Å². The Morgan fingerprint density at radius 2 is 2.20 bits per heavy atom. The van der Waals surface area contributed by atoms with E-state index in [1.165, 1.54) is 19.5 Å². The summed E-state index contributed by atoms with van der Waals surface area (Å²) in [6.45, 7) is 1.56. The molecule has 15 heavy (non-hydrogen) atoms. The van der Waals surface area contributed by atoms with Crippen molar-refractivity contribution < 1.29 is 9.53 Å². The van der Waals surface area contributed by atoms with Crippen LogP contribution in [0.3, 0.4) is 0 Å². The van der Waals surface area contributed by atoms with E-state index >= 15 is 0 Å². The van der Waals surface area contributed by atoms with Crippen LogP contribution in [0.15, 0.2) is 21.9 Å². The lowest BCUT2D eigenvalue weighted by Gasteiger charge is -1.98. The second-order valence-corrected chi connectivity index (χ2v) is 2.82. The maximum absolute atomic E-state index is 11.2. The van der Waals surface area contributed by atoms with Crippen LogP contribution < -0.4 is 11.2 Å². The Morgan fingerprint density at radius 3 is 2.80 bits per heavy atom. The summed E-state index contributed by atoms with van der Waals surface area (Å²) < 4.78 is 5.44. The van der Waals surface area contributed by atoms with E-state index in [2.05, 4.69) is 9.72 Å². The zero-order valence-electron chi connectivity index (χ0n) is 8.31. The normalized spacial score (nSPS) is 10.5. The molecule has 0 bridgehead atoms. The van der Waals surface area contributed by atoms with Crippen LogP contribution in [0.1, 0.15) is 5.56 Å². The molecule has 1 heterocycles. The van der Waals surface area contributed by atoms with Crippen LogP contribution in [0.5, 0.6) is 0 Å². The van der Waals surface area contributed by atoms with Gasteiger partial charge in [0.2, 0.25) is 0 Å². The summed E-state index contributed by atoms with van der Waals surface area (Å²) in [5, 5.41) is 0. The van der Waals surface area contributed by atoms with Gasteiger partial charge in [-0.2, -0.15) is 0 Å². The summed E-state index contributed by atoms with van der Waals surface area (Å²) >= 11 is 0. The molecule has 0 spiro atoms. The van der Waals surface area contributed by atoms with E-state index in [0.29, 0.717) is 5.56 Å². The molecular weight excluding hydrogens is 200 g/mol. The van der Waals surface area contributed by atoms with Crippen molar-refractivity contribution in [3.8, 4) is 0 Å². The smallest absolute Gasteiger partial charge is 0.332 e. The highest BCUT2D eigenvalue weighted by Crippen LogP contribution is 1.86. The predicted octanol–water partition coefficient (Wildman–Crippen LogP) is -0.511. The molecule has 0 saturated carbocycles. The number of nitrogens with one attached hydrogen (secondary N) is 1. The number of carbonyl (C=O) groups is 1. The van der Waals surface area contributed by atoms with Crippen LogP contribution in [0.25, 0.3) is 6.20 Å². The Bertz CT molecular complexity index is 510. The molecule has 6 nitrogen and oxygen atoms in total. The first-order chi connectivity index (χ1) is 7.04. The highest BCUT2D eigenvalue weighted by atomic mass is 16.5. The second-order valence-electron chi connectivity index (χ2n) is 2.82. The Labute approximate surface area is 84.8 Å². The van der Waals surface area contributed by atoms with Crippen molar-refractivity contribution in [3.05, 3.63) is 38.7 Å². The molecule has 80 valence electrons. The van der Waals surface area contributed by atoms with E-state index in [0.717, 1.165) is 10.6 Å². The summed E-state index contributed by atoms with van der Waals surface area (Å²) in [6.07, 6.45) is 3.64. The maximum atomic E-state index is 11.2. The van der Waals surface area contributed by atoms with E-state index < -0.39 is 17.2 Å². The standard InChI is InChI=1S/C9H10N2O4/c1-6-5-11(4-3-7(12)15-2)9(14)10-8(6)13/h3-5H,1-2H3,(H,10,13,14)/b4-3+. The zero-order valence-corrected chi connectivity index (χ0v) is 8.31. The summed E-state index contributed by atoms with van der Waals surface area (Å²) in [5.41, 5.74) is -0.669. The van der Waals surface area contributed by atoms with Gasteiger partial charge in [-0.1, -0.05) is 0 Å². The van der Waals surface area contributed by atoms with Crippen molar-refractivity contribution in [2.24, 2.45) is 0 Å². The number of hydrogen-bond acceptors (Lipinski definition) is 4. The average Bonchev–Trinajstić information content (AvgIpc) is 2.21. The Hall–Kier alpha value is -2.11. The SMILES string of the molecule is COC(=O)/C=C/n1cc(C)c(=O)[nH]c1=O. The number of aryl methyl sites for hydroxylation is 1. The lowest BCUT2D eigenvalue weighted by Crippen LogP contribution is -2.28. The van der Waals surface area contributed by atoms with Crippen molar-refractivity contribution in [2.45, 2.75) is 6.92 Å². The predicted molar refractivity (Wildman–Crippen MR) is 53.4 cm³/mol.